The number of thioether (sulfide) groups is 1. The molecule has 1 spiro atoms. The van der Waals surface area contributed by atoms with Gasteiger partial charge in [-0.25, -0.2) is 0 Å². The van der Waals surface area contributed by atoms with Gasteiger partial charge in [-0.3, -0.25) is 19.3 Å². The van der Waals surface area contributed by atoms with Gasteiger partial charge >= 0.3 is 5.97 Å². The fraction of sp³-hybridized carbons (Fsp3) is 0.792. The number of carboxylic acid groups (broad SMARTS) is 1. The Morgan fingerprint density at radius 2 is 2.06 bits per heavy atom. The van der Waals surface area contributed by atoms with Crippen molar-refractivity contribution < 1.29 is 29.3 Å². The van der Waals surface area contributed by atoms with Crippen LogP contribution in [0.1, 0.15) is 26.7 Å². The normalized spacial score (nSPS) is 33.9. The van der Waals surface area contributed by atoms with Crippen LogP contribution in [0.3, 0.4) is 0 Å². The summed E-state index contributed by atoms with van der Waals surface area (Å²) in [5, 5.41) is 20.0. The molecular weight excluding hydrogens is 458 g/mol. The SMILES string of the molecule is C=CCN(CCN1CCOCC1)C(=O)C1N([C@@H](CO)C(C)C)C(=O)[C@@H]2[C@H](C(=O)O)[C@@H]3CCC12S3. The summed E-state index contributed by atoms with van der Waals surface area (Å²) in [7, 11) is 0. The molecule has 4 heterocycles. The average Bonchev–Trinajstić information content (AvgIpc) is 3.45. The standard InChI is InChI=1S/C24H37N3O6S/c1-4-7-26(9-8-25-10-12-33-13-11-25)22(30)20-24-6-5-17(34-24)18(23(31)32)19(24)21(29)27(20)16(14-28)15(2)3/h4,15-20,28H,1,5-14H2,2-3H3,(H,31,32)/t16-,17-,18+,19-,20?,24?/m0/s1. The predicted octanol–water partition coefficient (Wildman–Crippen LogP) is 0.526. The summed E-state index contributed by atoms with van der Waals surface area (Å²) < 4.78 is 4.66. The van der Waals surface area contributed by atoms with E-state index < -0.39 is 34.6 Å². The van der Waals surface area contributed by atoms with Crippen molar-refractivity contribution in [2.45, 2.75) is 48.8 Å². The van der Waals surface area contributed by atoms with Crippen LogP contribution in [0.2, 0.25) is 0 Å². The van der Waals surface area contributed by atoms with E-state index in [4.69, 9.17) is 4.74 Å². The maximum Gasteiger partial charge on any atom is 0.308 e. The zero-order valence-corrected chi connectivity index (χ0v) is 20.9. The first-order valence-electron chi connectivity index (χ1n) is 12.3. The Morgan fingerprint density at radius 3 is 2.65 bits per heavy atom. The number of carboxylic acids is 1. The summed E-state index contributed by atoms with van der Waals surface area (Å²) >= 11 is 1.53. The van der Waals surface area contributed by atoms with Crippen LogP contribution in [-0.4, -0.2) is 117 Å². The second-order valence-electron chi connectivity index (χ2n) is 10.2. The van der Waals surface area contributed by atoms with Crippen LogP contribution < -0.4 is 0 Å². The van der Waals surface area contributed by atoms with Crippen molar-refractivity contribution in [3.05, 3.63) is 12.7 Å². The minimum Gasteiger partial charge on any atom is -0.481 e. The number of nitrogens with zero attached hydrogens (tertiary/aromatic N) is 3. The number of aliphatic hydroxyl groups excluding tert-OH is 1. The number of hydrogen-bond donors (Lipinski definition) is 2. The Bertz CT molecular complexity index is 819. The van der Waals surface area contributed by atoms with E-state index in [2.05, 4.69) is 11.5 Å². The molecule has 10 heteroatoms. The molecule has 2 unspecified atom stereocenters. The molecule has 6 atom stereocenters. The van der Waals surface area contributed by atoms with Crippen LogP contribution in [0.15, 0.2) is 12.7 Å². The van der Waals surface area contributed by atoms with Crippen LogP contribution in [-0.2, 0) is 19.1 Å². The minimum absolute atomic E-state index is 0.0776. The lowest BCUT2D eigenvalue weighted by Crippen LogP contribution is -2.59. The van der Waals surface area contributed by atoms with Gasteiger partial charge in [0.05, 0.1) is 42.4 Å². The number of fused-ring (bicyclic) bond motifs is 1. The highest BCUT2D eigenvalue weighted by atomic mass is 32.2. The second kappa shape index (κ2) is 10.2. The summed E-state index contributed by atoms with van der Waals surface area (Å²) in [5.41, 5.74) is 0. The number of carbonyl (C=O) groups excluding carboxylic acids is 2. The quantitative estimate of drug-likeness (QED) is 0.422. The Morgan fingerprint density at radius 1 is 1.35 bits per heavy atom. The Hall–Kier alpha value is -1.62. The third-order valence-electron chi connectivity index (χ3n) is 8.02. The van der Waals surface area contributed by atoms with Crippen molar-refractivity contribution in [3.8, 4) is 0 Å². The van der Waals surface area contributed by atoms with Gasteiger partial charge in [-0.1, -0.05) is 19.9 Å². The van der Waals surface area contributed by atoms with Gasteiger partial charge in [0.1, 0.15) is 6.04 Å². The van der Waals surface area contributed by atoms with Gasteiger partial charge in [0.25, 0.3) is 0 Å². The van der Waals surface area contributed by atoms with Gasteiger partial charge in [-0.15, -0.1) is 18.3 Å². The zero-order valence-electron chi connectivity index (χ0n) is 20.1. The molecule has 0 aromatic carbocycles. The molecule has 4 aliphatic rings. The summed E-state index contributed by atoms with van der Waals surface area (Å²) in [6, 6.07) is -1.33. The first-order valence-corrected chi connectivity index (χ1v) is 13.2. The van der Waals surface area contributed by atoms with E-state index in [0.717, 1.165) is 13.1 Å². The maximum absolute atomic E-state index is 14.2. The van der Waals surface area contributed by atoms with Crippen molar-refractivity contribution in [1.82, 2.24) is 14.7 Å². The van der Waals surface area contributed by atoms with Gasteiger partial charge in [0, 0.05) is 38.0 Å². The average molecular weight is 496 g/mol. The highest BCUT2D eigenvalue weighted by Crippen LogP contribution is 2.66. The smallest absolute Gasteiger partial charge is 0.308 e. The molecule has 4 saturated heterocycles. The lowest BCUT2D eigenvalue weighted by molar-refractivity contribution is -0.150. The fourth-order valence-electron chi connectivity index (χ4n) is 6.34. The zero-order chi connectivity index (χ0) is 24.6. The van der Waals surface area contributed by atoms with Gasteiger partial charge in [0.15, 0.2) is 0 Å². The van der Waals surface area contributed by atoms with Gasteiger partial charge in [0.2, 0.25) is 11.8 Å². The highest BCUT2D eigenvalue weighted by molar-refractivity contribution is 8.02. The first kappa shape index (κ1) is 25.5. The van der Waals surface area contributed by atoms with Crippen LogP contribution in [0, 0.1) is 17.8 Å². The van der Waals surface area contributed by atoms with Gasteiger partial charge < -0.3 is 24.7 Å². The van der Waals surface area contributed by atoms with Crippen molar-refractivity contribution >= 4 is 29.5 Å². The van der Waals surface area contributed by atoms with E-state index in [1.807, 2.05) is 13.8 Å². The van der Waals surface area contributed by atoms with Crippen LogP contribution in [0.25, 0.3) is 0 Å². The highest BCUT2D eigenvalue weighted by Gasteiger charge is 2.74. The number of aliphatic carboxylic acids is 1. The van der Waals surface area contributed by atoms with Gasteiger partial charge in [-0.05, 0) is 18.8 Å². The summed E-state index contributed by atoms with van der Waals surface area (Å²) in [5.74, 6) is -3.03. The molecule has 0 saturated carbocycles. The van der Waals surface area contributed by atoms with Crippen molar-refractivity contribution in [1.29, 1.82) is 0 Å². The van der Waals surface area contributed by atoms with E-state index in [9.17, 15) is 24.6 Å². The largest absolute Gasteiger partial charge is 0.481 e. The van der Waals surface area contributed by atoms with Crippen LogP contribution in [0.5, 0.6) is 0 Å². The molecule has 34 heavy (non-hydrogen) atoms. The van der Waals surface area contributed by atoms with Crippen molar-refractivity contribution in [3.63, 3.8) is 0 Å². The number of morpholine rings is 1. The number of ether oxygens (including phenoxy) is 1. The third kappa shape index (κ3) is 4.16. The molecular formula is C24H37N3O6S. The molecule has 0 radical (unpaired) electrons. The van der Waals surface area contributed by atoms with Crippen molar-refractivity contribution in [2.24, 2.45) is 17.8 Å². The van der Waals surface area contributed by atoms with Crippen LogP contribution >= 0.6 is 11.8 Å². The predicted molar refractivity (Wildman–Crippen MR) is 128 cm³/mol. The number of likely N-dealkylation sites (tertiary alicyclic amines) is 1. The van der Waals surface area contributed by atoms with Gasteiger partial charge in [-0.2, -0.15) is 0 Å². The molecule has 9 nitrogen and oxygen atoms in total. The molecule has 4 rings (SSSR count). The number of carbonyl (C=O) groups is 3. The van der Waals surface area contributed by atoms with Crippen LogP contribution in [0.4, 0.5) is 0 Å². The van der Waals surface area contributed by atoms with E-state index in [0.29, 0.717) is 45.7 Å². The number of amides is 2. The molecule has 2 bridgehead atoms. The molecule has 0 aromatic rings. The monoisotopic (exact) mass is 495 g/mol. The van der Waals surface area contributed by atoms with E-state index in [1.165, 1.54) is 11.8 Å². The second-order valence-corrected chi connectivity index (χ2v) is 11.8. The topological polar surface area (TPSA) is 111 Å². The Kier molecular flexibility index (Phi) is 7.61. The first-order chi connectivity index (χ1) is 16.3. The maximum atomic E-state index is 14.2. The van der Waals surface area contributed by atoms with E-state index >= 15 is 0 Å². The molecule has 4 fully saturated rings. The molecule has 0 aromatic heterocycles. The number of hydrogen-bond acceptors (Lipinski definition) is 7. The summed E-state index contributed by atoms with van der Waals surface area (Å²) in [6.45, 7) is 11.9. The van der Waals surface area contributed by atoms with Crippen molar-refractivity contribution in [2.75, 3.05) is 52.5 Å². The van der Waals surface area contributed by atoms with E-state index in [-0.39, 0.29) is 29.6 Å². The Balaban J connectivity index is 1.67. The molecule has 4 aliphatic heterocycles. The van der Waals surface area contributed by atoms with E-state index in [1.54, 1.807) is 15.9 Å². The lowest BCUT2D eigenvalue weighted by Gasteiger charge is -2.41. The lowest BCUT2D eigenvalue weighted by atomic mass is 9.71. The number of aliphatic hydroxyl groups is 1. The molecule has 190 valence electrons. The minimum atomic E-state index is -0.967. The fourth-order valence-corrected chi connectivity index (χ4v) is 8.53. The molecule has 2 amide bonds. The summed E-state index contributed by atoms with van der Waals surface area (Å²) in [6.07, 6.45) is 3.01. The number of rotatable bonds is 10. The Labute approximate surface area is 205 Å². The third-order valence-corrected chi connectivity index (χ3v) is 9.97. The summed E-state index contributed by atoms with van der Waals surface area (Å²) in [4.78, 5) is 45.8. The molecule has 2 N–H and O–H groups in total. The molecule has 0 aliphatic carbocycles.